The molecule has 0 heterocycles. The van der Waals surface area contributed by atoms with Crippen molar-refractivity contribution in [2.75, 3.05) is 19.0 Å². The van der Waals surface area contributed by atoms with Crippen molar-refractivity contribution in [3.63, 3.8) is 0 Å². The molecule has 1 amide bonds. The summed E-state index contributed by atoms with van der Waals surface area (Å²) in [5.41, 5.74) is 0.417. The smallest absolute Gasteiger partial charge is 0.262 e. The van der Waals surface area contributed by atoms with E-state index in [4.69, 9.17) is 16.3 Å². The Labute approximate surface area is 162 Å². The molecule has 1 N–H and O–H groups in total. The van der Waals surface area contributed by atoms with E-state index in [9.17, 15) is 17.6 Å². The highest BCUT2D eigenvalue weighted by molar-refractivity contribution is 7.89. The first-order valence-corrected chi connectivity index (χ1v) is 9.89. The molecule has 0 spiro atoms. The molecule has 0 atom stereocenters. The van der Waals surface area contributed by atoms with Crippen LogP contribution in [0.25, 0.3) is 0 Å². The third-order valence-corrected chi connectivity index (χ3v) is 6.14. The van der Waals surface area contributed by atoms with Crippen molar-refractivity contribution in [3.8, 4) is 5.75 Å². The maximum atomic E-state index is 13.0. The molecule has 0 aliphatic heterocycles. The standard InChI is InChI=1S/C18H20ClFN2O4S/c1-12(2)22(3)27(24,25)15-7-5-14(6-8-15)21-18(23)11-26-17-9-4-13(20)10-16(17)19/h4-10,12H,11H2,1-3H3,(H,21,23). The van der Waals surface area contributed by atoms with E-state index in [0.29, 0.717) is 5.69 Å². The molecule has 2 rings (SSSR count). The van der Waals surface area contributed by atoms with Crippen molar-refractivity contribution in [2.24, 2.45) is 0 Å². The number of sulfonamides is 1. The van der Waals surface area contributed by atoms with Gasteiger partial charge in [0.2, 0.25) is 10.0 Å². The van der Waals surface area contributed by atoms with E-state index in [-0.39, 0.29) is 28.3 Å². The van der Waals surface area contributed by atoms with Gasteiger partial charge in [-0.3, -0.25) is 4.79 Å². The molecule has 146 valence electrons. The van der Waals surface area contributed by atoms with Gasteiger partial charge in [0.1, 0.15) is 11.6 Å². The third-order valence-electron chi connectivity index (χ3n) is 3.79. The molecule has 27 heavy (non-hydrogen) atoms. The van der Waals surface area contributed by atoms with E-state index in [0.717, 1.165) is 6.07 Å². The SMILES string of the molecule is CC(C)N(C)S(=O)(=O)c1ccc(NC(=O)COc2ccc(F)cc2Cl)cc1. The van der Waals surface area contributed by atoms with Crippen LogP contribution >= 0.6 is 11.6 Å². The predicted molar refractivity (Wildman–Crippen MR) is 102 cm³/mol. The Bertz CT molecular complexity index is 917. The maximum absolute atomic E-state index is 13.0. The number of halogens is 2. The second-order valence-electron chi connectivity index (χ2n) is 6.05. The Balaban J connectivity index is 1.98. The molecule has 2 aromatic carbocycles. The molecule has 0 saturated heterocycles. The minimum absolute atomic E-state index is 0.0617. The highest BCUT2D eigenvalue weighted by Gasteiger charge is 2.22. The Hall–Kier alpha value is -2.16. The summed E-state index contributed by atoms with van der Waals surface area (Å²) in [5, 5.41) is 2.65. The molecule has 6 nitrogen and oxygen atoms in total. The van der Waals surface area contributed by atoms with Crippen LogP contribution in [-0.4, -0.2) is 38.3 Å². The molecule has 0 saturated carbocycles. The van der Waals surface area contributed by atoms with Gasteiger partial charge in [-0.1, -0.05) is 11.6 Å². The van der Waals surface area contributed by atoms with E-state index < -0.39 is 21.7 Å². The molecule has 0 aliphatic rings. The first-order valence-electron chi connectivity index (χ1n) is 8.07. The van der Waals surface area contributed by atoms with Crippen LogP contribution in [0.4, 0.5) is 10.1 Å². The van der Waals surface area contributed by atoms with Crippen LogP contribution in [0.15, 0.2) is 47.4 Å². The summed E-state index contributed by atoms with van der Waals surface area (Å²) in [6, 6.07) is 9.23. The first-order chi connectivity index (χ1) is 12.6. The van der Waals surface area contributed by atoms with Crippen molar-refractivity contribution >= 4 is 33.2 Å². The molecule has 2 aromatic rings. The molecule has 9 heteroatoms. The molecular formula is C18H20ClFN2O4S. The number of ether oxygens (including phenoxy) is 1. The number of carbonyl (C=O) groups is 1. The zero-order valence-corrected chi connectivity index (χ0v) is 16.6. The summed E-state index contributed by atoms with van der Waals surface area (Å²) >= 11 is 5.82. The molecule has 0 aliphatic carbocycles. The quantitative estimate of drug-likeness (QED) is 0.752. The zero-order chi connectivity index (χ0) is 20.2. The summed E-state index contributed by atoms with van der Waals surface area (Å²) in [4.78, 5) is 12.1. The van der Waals surface area contributed by atoms with Gasteiger partial charge >= 0.3 is 0 Å². The van der Waals surface area contributed by atoms with Crippen molar-refractivity contribution in [2.45, 2.75) is 24.8 Å². The van der Waals surface area contributed by atoms with Gasteiger partial charge in [-0.05, 0) is 56.3 Å². The van der Waals surface area contributed by atoms with Gasteiger partial charge in [-0.25, -0.2) is 12.8 Å². The molecule has 0 radical (unpaired) electrons. The summed E-state index contributed by atoms with van der Waals surface area (Å²) < 4.78 is 44.3. The number of amides is 1. The summed E-state index contributed by atoms with van der Waals surface area (Å²) in [6.07, 6.45) is 0. The van der Waals surface area contributed by atoms with Gasteiger partial charge in [0.25, 0.3) is 5.91 Å². The summed E-state index contributed by atoms with van der Waals surface area (Å²) in [7, 11) is -2.08. The Morgan fingerprint density at radius 3 is 2.41 bits per heavy atom. The monoisotopic (exact) mass is 414 g/mol. The summed E-state index contributed by atoms with van der Waals surface area (Å²) in [5.74, 6) is -0.786. The molecule has 0 aromatic heterocycles. The lowest BCUT2D eigenvalue weighted by Crippen LogP contribution is -2.33. The predicted octanol–water partition coefficient (Wildman–Crippen LogP) is 3.53. The highest BCUT2D eigenvalue weighted by atomic mass is 35.5. The van der Waals surface area contributed by atoms with Gasteiger partial charge in [-0.2, -0.15) is 4.31 Å². The van der Waals surface area contributed by atoms with Crippen LogP contribution in [0.1, 0.15) is 13.8 Å². The van der Waals surface area contributed by atoms with Crippen LogP contribution in [0.5, 0.6) is 5.75 Å². The van der Waals surface area contributed by atoms with E-state index in [1.807, 2.05) is 0 Å². The lowest BCUT2D eigenvalue weighted by Gasteiger charge is -2.21. The number of hydrogen-bond acceptors (Lipinski definition) is 4. The van der Waals surface area contributed by atoms with Gasteiger partial charge < -0.3 is 10.1 Å². The Kier molecular flexibility index (Phi) is 6.80. The van der Waals surface area contributed by atoms with Crippen LogP contribution in [0.3, 0.4) is 0 Å². The van der Waals surface area contributed by atoms with Gasteiger partial charge in [0, 0.05) is 18.8 Å². The Morgan fingerprint density at radius 1 is 1.22 bits per heavy atom. The van der Waals surface area contributed by atoms with E-state index >= 15 is 0 Å². The lowest BCUT2D eigenvalue weighted by molar-refractivity contribution is -0.118. The number of benzene rings is 2. The molecule has 0 bridgehead atoms. The normalized spacial score (nSPS) is 11.7. The summed E-state index contributed by atoms with van der Waals surface area (Å²) in [6.45, 7) is 3.22. The fraction of sp³-hybridized carbons (Fsp3) is 0.278. The number of hydrogen-bond donors (Lipinski definition) is 1. The number of rotatable bonds is 7. The third kappa shape index (κ3) is 5.41. The van der Waals surface area contributed by atoms with E-state index in [2.05, 4.69) is 5.32 Å². The number of nitrogens with one attached hydrogen (secondary N) is 1. The fourth-order valence-corrected chi connectivity index (χ4v) is 3.68. The lowest BCUT2D eigenvalue weighted by atomic mass is 10.3. The van der Waals surface area contributed by atoms with Gasteiger partial charge in [-0.15, -0.1) is 0 Å². The topological polar surface area (TPSA) is 75.7 Å². The van der Waals surface area contributed by atoms with Crippen LogP contribution in [0, 0.1) is 5.82 Å². The van der Waals surface area contributed by atoms with Gasteiger partial charge in [0.05, 0.1) is 9.92 Å². The van der Waals surface area contributed by atoms with Crippen LogP contribution in [-0.2, 0) is 14.8 Å². The second kappa shape index (κ2) is 8.69. The molecule has 0 fully saturated rings. The van der Waals surface area contributed by atoms with Crippen LogP contribution in [0.2, 0.25) is 5.02 Å². The minimum atomic E-state index is -3.59. The van der Waals surface area contributed by atoms with Crippen LogP contribution < -0.4 is 10.1 Å². The van der Waals surface area contributed by atoms with Gasteiger partial charge in [0.15, 0.2) is 6.61 Å². The number of anilines is 1. The van der Waals surface area contributed by atoms with Crippen molar-refractivity contribution < 1.29 is 22.3 Å². The number of carbonyl (C=O) groups excluding carboxylic acids is 1. The highest BCUT2D eigenvalue weighted by Crippen LogP contribution is 2.25. The first kappa shape index (κ1) is 21.1. The average molecular weight is 415 g/mol. The zero-order valence-electron chi connectivity index (χ0n) is 15.1. The fourth-order valence-electron chi connectivity index (χ4n) is 2.09. The molecular weight excluding hydrogens is 395 g/mol. The maximum Gasteiger partial charge on any atom is 0.262 e. The minimum Gasteiger partial charge on any atom is -0.482 e. The van der Waals surface area contributed by atoms with Crippen molar-refractivity contribution in [1.82, 2.24) is 4.31 Å². The number of nitrogens with zero attached hydrogens (tertiary/aromatic N) is 1. The van der Waals surface area contributed by atoms with E-state index in [1.54, 1.807) is 13.8 Å². The van der Waals surface area contributed by atoms with E-state index in [1.165, 1.54) is 47.8 Å². The Morgan fingerprint density at radius 2 is 1.85 bits per heavy atom. The second-order valence-corrected chi connectivity index (χ2v) is 8.46. The largest absolute Gasteiger partial charge is 0.482 e. The van der Waals surface area contributed by atoms with Crippen molar-refractivity contribution in [1.29, 1.82) is 0 Å². The van der Waals surface area contributed by atoms with Crippen molar-refractivity contribution in [3.05, 3.63) is 53.3 Å². The molecule has 0 unspecified atom stereocenters. The average Bonchev–Trinajstić information content (AvgIpc) is 2.60.